The molecule has 1 heterocycles. The molecule has 2 atom stereocenters. The maximum atomic E-state index is 11.7. The van der Waals surface area contributed by atoms with Crippen molar-refractivity contribution in [1.82, 2.24) is 0 Å². The quantitative estimate of drug-likeness (QED) is 0.550. The number of hydrogen-bond acceptors (Lipinski definition) is 3. The second-order valence-electron chi connectivity index (χ2n) is 8.71. The predicted molar refractivity (Wildman–Crippen MR) is 125 cm³/mol. The van der Waals surface area contributed by atoms with Gasteiger partial charge < -0.3 is 14.7 Å². The van der Waals surface area contributed by atoms with Crippen LogP contribution in [-0.2, 0) is 13.0 Å². The van der Waals surface area contributed by atoms with E-state index in [1.807, 2.05) is 18.2 Å². The lowest BCUT2D eigenvalue weighted by molar-refractivity contribution is 0.0697. The number of allylic oxidation sites excluding steroid dienone is 1. The van der Waals surface area contributed by atoms with Crippen molar-refractivity contribution in [2.45, 2.75) is 45.1 Å². The van der Waals surface area contributed by atoms with Crippen LogP contribution in [0.4, 0.5) is 5.69 Å². The lowest BCUT2D eigenvalue weighted by atomic mass is 9.71. The largest absolute Gasteiger partial charge is 0.491 e. The minimum Gasteiger partial charge on any atom is -0.491 e. The van der Waals surface area contributed by atoms with Crippen molar-refractivity contribution in [3.05, 3.63) is 70.8 Å². The fraction of sp³-hybridized carbons (Fsp3) is 0.423. The number of nitrogens with zero attached hydrogens (tertiary/aromatic N) is 1. The van der Waals surface area contributed by atoms with Crippen LogP contribution in [0.25, 0.3) is 0 Å². The van der Waals surface area contributed by atoms with Crippen LogP contribution in [0.5, 0.6) is 5.75 Å². The van der Waals surface area contributed by atoms with Crippen LogP contribution in [0.1, 0.15) is 53.6 Å². The van der Waals surface area contributed by atoms with Crippen molar-refractivity contribution in [1.29, 1.82) is 0 Å². The molecule has 1 aliphatic heterocycles. The van der Waals surface area contributed by atoms with Crippen LogP contribution in [0, 0.1) is 11.8 Å². The van der Waals surface area contributed by atoms with Gasteiger partial charge >= 0.3 is 5.97 Å². The fourth-order valence-corrected chi connectivity index (χ4v) is 4.93. The van der Waals surface area contributed by atoms with E-state index in [0.717, 1.165) is 48.7 Å². The molecule has 0 bridgehead atoms. The third-order valence-corrected chi connectivity index (χ3v) is 6.91. The van der Waals surface area contributed by atoms with Crippen LogP contribution in [0.2, 0.25) is 5.02 Å². The van der Waals surface area contributed by atoms with E-state index in [1.54, 1.807) is 12.1 Å². The summed E-state index contributed by atoms with van der Waals surface area (Å²) in [6.07, 6.45) is 8.40. The standard InChI is InChI=1S/C26H30ClNO3/c1-2-5-18-7-8-21(18)16-28-17-22-9-11-23(27)14-19(22)6-3-4-13-31-25-12-10-20(26(29)30)15-24(25)28/h2,9-12,14-15,18,21H,1,3-8,13,16-17H2,(H,29,30)/t18-,21+/m1/s1. The van der Waals surface area contributed by atoms with Crippen molar-refractivity contribution in [3.8, 4) is 5.75 Å². The molecular weight excluding hydrogens is 410 g/mol. The predicted octanol–water partition coefficient (Wildman–Crippen LogP) is 6.36. The summed E-state index contributed by atoms with van der Waals surface area (Å²) in [7, 11) is 0. The lowest BCUT2D eigenvalue weighted by Gasteiger charge is -2.41. The van der Waals surface area contributed by atoms with Gasteiger partial charge in [-0.2, -0.15) is 0 Å². The maximum Gasteiger partial charge on any atom is 0.335 e. The van der Waals surface area contributed by atoms with Gasteiger partial charge in [0.15, 0.2) is 0 Å². The van der Waals surface area contributed by atoms with Gasteiger partial charge in [-0.25, -0.2) is 4.79 Å². The summed E-state index contributed by atoms with van der Waals surface area (Å²) in [5.74, 6) is 1.06. The average molecular weight is 440 g/mol. The molecule has 4 rings (SSSR count). The zero-order chi connectivity index (χ0) is 21.8. The number of carbonyl (C=O) groups is 1. The van der Waals surface area contributed by atoms with E-state index in [2.05, 4.69) is 23.6 Å². The summed E-state index contributed by atoms with van der Waals surface area (Å²) in [4.78, 5) is 14.0. The van der Waals surface area contributed by atoms with Crippen molar-refractivity contribution < 1.29 is 14.6 Å². The van der Waals surface area contributed by atoms with Gasteiger partial charge in [0.1, 0.15) is 5.75 Å². The highest BCUT2D eigenvalue weighted by atomic mass is 35.5. The van der Waals surface area contributed by atoms with E-state index in [0.29, 0.717) is 25.0 Å². The van der Waals surface area contributed by atoms with Crippen LogP contribution < -0.4 is 9.64 Å². The number of hydrogen-bond donors (Lipinski definition) is 1. The summed E-state index contributed by atoms with van der Waals surface area (Å²) < 4.78 is 6.14. The number of benzene rings is 2. The normalized spacial score (nSPS) is 21.0. The van der Waals surface area contributed by atoms with Gasteiger partial charge in [-0.05, 0) is 91.8 Å². The molecule has 0 unspecified atom stereocenters. The van der Waals surface area contributed by atoms with Crippen molar-refractivity contribution in [2.24, 2.45) is 11.8 Å². The molecule has 164 valence electrons. The Balaban J connectivity index is 1.74. The zero-order valence-corrected chi connectivity index (χ0v) is 18.6. The first kappa shape index (κ1) is 21.8. The van der Waals surface area contributed by atoms with Crippen LogP contribution in [0.15, 0.2) is 49.1 Å². The lowest BCUT2D eigenvalue weighted by Crippen LogP contribution is -2.38. The number of carboxylic acid groups (broad SMARTS) is 1. The van der Waals surface area contributed by atoms with Gasteiger partial charge in [0, 0.05) is 18.1 Å². The first-order valence-electron chi connectivity index (χ1n) is 11.2. The summed E-state index contributed by atoms with van der Waals surface area (Å²) in [5.41, 5.74) is 3.67. The summed E-state index contributed by atoms with van der Waals surface area (Å²) in [5, 5.41) is 10.4. The molecule has 31 heavy (non-hydrogen) atoms. The molecule has 2 aromatic carbocycles. The first-order valence-corrected chi connectivity index (χ1v) is 11.6. The summed E-state index contributed by atoms with van der Waals surface area (Å²) in [6, 6.07) is 11.4. The highest BCUT2D eigenvalue weighted by Crippen LogP contribution is 2.40. The molecule has 1 saturated carbocycles. The van der Waals surface area contributed by atoms with Gasteiger partial charge in [0.05, 0.1) is 17.9 Å². The fourth-order valence-electron chi connectivity index (χ4n) is 4.74. The van der Waals surface area contributed by atoms with Gasteiger partial charge in [-0.3, -0.25) is 0 Å². The molecule has 0 spiro atoms. The first-order chi connectivity index (χ1) is 15.0. The number of aryl methyl sites for hydroxylation is 1. The molecule has 1 fully saturated rings. The van der Waals surface area contributed by atoms with Gasteiger partial charge in [-0.15, -0.1) is 6.58 Å². The van der Waals surface area contributed by atoms with Crippen molar-refractivity contribution >= 4 is 23.3 Å². The van der Waals surface area contributed by atoms with Crippen LogP contribution >= 0.6 is 11.6 Å². The molecule has 0 amide bonds. The highest BCUT2D eigenvalue weighted by Gasteiger charge is 2.32. The van der Waals surface area contributed by atoms with Crippen molar-refractivity contribution in [3.63, 3.8) is 0 Å². The topological polar surface area (TPSA) is 49.8 Å². The molecule has 0 radical (unpaired) electrons. The smallest absolute Gasteiger partial charge is 0.335 e. The molecule has 4 nitrogen and oxygen atoms in total. The number of fused-ring (bicyclic) bond motifs is 2. The van der Waals surface area contributed by atoms with Gasteiger partial charge in [-0.1, -0.05) is 23.7 Å². The van der Waals surface area contributed by atoms with E-state index in [1.165, 1.54) is 24.0 Å². The Hall–Kier alpha value is -2.46. The number of aromatic carboxylic acids is 1. The zero-order valence-electron chi connectivity index (χ0n) is 17.9. The Kier molecular flexibility index (Phi) is 6.86. The molecule has 2 aliphatic rings. The number of ether oxygens (including phenoxy) is 1. The minimum atomic E-state index is -0.919. The third-order valence-electron chi connectivity index (χ3n) is 6.67. The average Bonchev–Trinajstić information content (AvgIpc) is 2.77. The van der Waals surface area contributed by atoms with E-state index >= 15 is 0 Å². The second kappa shape index (κ2) is 9.78. The molecule has 1 N–H and O–H groups in total. The van der Waals surface area contributed by atoms with E-state index < -0.39 is 5.97 Å². The number of carboxylic acids is 1. The Morgan fingerprint density at radius 2 is 2.00 bits per heavy atom. The monoisotopic (exact) mass is 439 g/mol. The van der Waals surface area contributed by atoms with Crippen molar-refractivity contribution in [2.75, 3.05) is 18.1 Å². The third kappa shape index (κ3) is 5.07. The SMILES string of the molecule is C=CC[C@@H]1CC[C@H]1CN1Cc2ccc(Cl)cc2CCCCOc2ccc(C(=O)O)cc21. The molecular formula is C26H30ClNO3. The summed E-state index contributed by atoms with van der Waals surface area (Å²) in [6.45, 7) is 6.12. The molecule has 0 saturated heterocycles. The maximum absolute atomic E-state index is 11.7. The Morgan fingerprint density at radius 1 is 1.16 bits per heavy atom. The van der Waals surface area contributed by atoms with Crippen LogP contribution in [0.3, 0.4) is 0 Å². The number of halogens is 1. The van der Waals surface area contributed by atoms with Gasteiger partial charge in [0.25, 0.3) is 0 Å². The van der Waals surface area contributed by atoms with E-state index in [-0.39, 0.29) is 5.56 Å². The minimum absolute atomic E-state index is 0.287. The van der Waals surface area contributed by atoms with Gasteiger partial charge in [0.2, 0.25) is 0 Å². The Bertz CT molecular complexity index is 958. The Labute approximate surface area is 189 Å². The molecule has 5 heteroatoms. The highest BCUT2D eigenvalue weighted by molar-refractivity contribution is 6.30. The molecule has 2 aromatic rings. The Morgan fingerprint density at radius 3 is 2.74 bits per heavy atom. The summed E-state index contributed by atoms with van der Waals surface area (Å²) >= 11 is 6.31. The number of anilines is 1. The van der Waals surface area contributed by atoms with Crippen LogP contribution in [-0.4, -0.2) is 24.2 Å². The number of rotatable bonds is 5. The van der Waals surface area contributed by atoms with E-state index in [4.69, 9.17) is 16.3 Å². The molecule has 1 aliphatic carbocycles. The van der Waals surface area contributed by atoms with E-state index in [9.17, 15) is 9.90 Å². The second-order valence-corrected chi connectivity index (χ2v) is 9.15. The molecule has 0 aromatic heterocycles.